The Bertz CT molecular complexity index is 1180. The Kier molecular flexibility index (Phi) is 8.06. The molecule has 1 saturated carbocycles. The van der Waals surface area contributed by atoms with Crippen molar-refractivity contribution in [3.8, 4) is 11.6 Å². The van der Waals surface area contributed by atoms with Gasteiger partial charge in [0.25, 0.3) is 5.91 Å². The highest BCUT2D eigenvalue weighted by molar-refractivity contribution is 5.85. The van der Waals surface area contributed by atoms with E-state index < -0.39 is 5.91 Å². The van der Waals surface area contributed by atoms with Gasteiger partial charge in [0.15, 0.2) is 12.4 Å². The van der Waals surface area contributed by atoms with Crippen LogP contribution in [0.15, 0.2) is 36.8 Å². The predicted molar refractivity (Wildman–Crippen MR) is 136 cm³/mol. The maximum absolute atomic E-state index is 11.4. The standard InChI is InChI=1S/C25H31N7O5/c1-34-31-23(33)16-36-19-14-27-25(28-15-19)29-17-4-6-18(7-5-17)37-24-20-3-2-8-26-21(20)13-22(30-24)32-9-11-35-12-10-32/h2-3,8,13-15,17-18H,4-7,9-12,16H2,1H3,(H,31,33)(H,27,28,29)/t17-,18+. The van der Waals surface area contributed by atoms with E-state index in [4.69, 9.17) is 19.2 Å². The monoisotopic (exact) mass is 509 g/mol. The highest BCUT2D eigenvalue weighted by atomic mass is 16.6. The summed E-state index contributed by atoms with van der Waals surface area (Å²) in [5.41, 5.74) is 3.07. The van der Waals surface area contributed by atoms with Gasteiger partial charge in [0.05, 0.1) is 43.6 Å². The van der Waals surface area contributed by atoms with E-state index >= 15 is 0 Å². The molecule has 3 aromatic heterocycles. The Morgan fingerprint density at radius 1 is 1.14 bits per heavy atom. The van der Waals surface area contributed by atoms with Gasteiger partial charge in [-0.1, -0.05) is 0 Å². The quantitative estimate of drug-likeness (QED) is 0.411. The molecule has 0 atom stereocenters. The number of ether oxygens (including phenoxy) is 3. The third kappa shape index (κ3) is 6.52. The molecule has 5 rings (SSSR count). The summed E-state index contributed by atoms with van der Waals surface area (Å²) in [5, 5.41) is 4.31. The number of carbonyl (C=O) groups excluding carboxylic acids is 1. The number of amides is 1. The highest BCUT2D eigenvalue weighted by Gasteiger charge is 2.25. The number of hydrogen-bond donors (Lipinski definition) is 2. The molecule has 0 aromatic carbocycles. The zero-order valence-corrected chi connectivity index (χ0v) is 20.8. The number of pyridine rings is 2. The minimum atomic E-state index is -0.393. The first kappa shape index (κ1) is 24.9. The lowest BCUT2D eigenvalue weighted by molar-refractivity contribution is -0.133. The highest BCUT2D eigenvalue weighted by Crippen LogP contribution is 2.31. The molecule has 37 heavy (non-hydrogen) atoms. The second-order valence-corrected chi connectivity index (χ2v) is 8.95. The molecule has 0 unspecified atom stereocenters. The third-order valence-corrected chi connectivity index (χ3v) is 6.39. The van der Waals surface area contributed by atoms with Gasteiger partial charge in [-0.3, -0.25) is 14.6 Å². The van der Waals surface area contributed by atoms with Crippen LogP contribution in [0.25, 0.3) is 10.9 Å². The molecule has 0 spiro atoms. The van der Waals surface area contributed by atoms with E-state index in [-0.39, 0.29) is 18.8 Å². The zero-order valence-electron chi connectivity index (χ0n) is 20.8. The summed E-state index contributed by atoms with van der Waals surface area (Å²) < 4.78 is 17.3. The average molecular weight is 510 g/mol. The fourth-order valence-corrected chi connectivity index (χ4v) is 4.50. The van der Waals surface area contributed by atoms with Crippen molar-refractivity contribution >= 4 is 28.6 Å². The Morgan fingerprint density at radius 2 is 1.92 bits per heavy atom. The molecule has 196 valence electrons. The van der Waals surface area contributed by atoms with Crippen molar-refractivity contribution in [2.24, 2.45) is 0 Å². The largest absolute Gasteiger partial charge is 0.480 e. The molecule has 1 saturated heterocycles. The van der Waals surface area contributed by atoms with Crippen LogP contribution in [0.5, 0.6) is 11.6 Å². The summed E-state index contributed by atoms with van der Waals surface area (Å²) in [6.07, 6.45) is 8.56. The number of nitrogens with one attached hydrogen (secondary N) is 2. The van der Waals surface area contributed by atoms with Crippen molar-refractivity contribution in [2.75, 3.05) is 50.2 Å². The number of hydrogen-bond acceptors (Lipinski definition) is 11. The normalized spacial score (nSPS) is 19.9. The van der Waals surface area contributed by atoms with E-state index in [2.05, 4.69) is 35.5 Å². The van der Waals surface area contributed by atoms with Crippen LogP contribution in [0.3, 0.4) is 0 Å². The maximum atomic E-state index is 11.4. The van der Waals surface area contributed by atoms with Crippen LogP contribution in [0, 0.1) is 0 Å². The van der Waals surface area contributed by atoms with Gasteiger partial charge in [-0.15, -0.1) is 0 Å². The average Bonchev–Trinajstić information content (AvgIpc) is 2.94. The fraction of sp³-hybridized carbons (Fsp3) is 0.480. The number of rotatable bonds is 9. The Labute approximate surface area is 214 Å². The summed E-state index contributed by atoms with van der Waals surface area (Å²) in [6, 6.07) is 6.19. The molecule has 0 bridgehead atoms. The number of aromatic nitrogens is 4. The predicted octanol–water partition coefficient (Wildman–Crippen LogP) is 2.11. The Hall–Kier alpha value is -3.77. The van der Waals surface area contributed by atoms with Crippen molar-refractivity contribution in [3.05, 3.63) is 36.8 Å². The number of hydroxylamine groups is 1. The summed E-state index contributed by atoms with van der Waals surface area (Å²) in [5.74, 6) is 2.05. The van der Waals surface area contributed by atoms with Crippen LogP contribution in [0.4, 0.5) is 11.8 Å². The first-order valence-electron chi connectivity index (χ1n) is 12.5. The number of morpholine rings is 1. The second-order valence-electron chi connectivity index (χ2n) is 8.95. The molecular weight excluding hydrogens is 478 g/mol. The molecule has 1 aliphatic heterocycles. The minimum absolute atomic E-state index is 0.0730. The molecule has 12 heteroatoms. The Balaban J connectivity index is 1.16. The van der Waals surface area contributed by atoms with Gasteiger partial charge in [0.2, 0.25) is 11.8 Å². The van der Waals surface area contributed by atoms with Crippen LogP contribution >= 0.6 is 0 Å². The van der Waals surface area contributed by atoms with E-state index in [1.165, 1.54) is 19.5 Å². The van der Waals surface area contributed by atoms with Gasteiger partial charge in [-0.05, 0) is 37.8 Å². The van der Waals surface area contributed by atoms with Crippen molar-refractivity contribution < 1.29 is 23.8 Å². The zero-order chi connectivity index (χ0) is 25.5. The summed E-state index contributed by atoms with van der Waals surface area (Å²) in [4.78, 5) is 36.2. The van der Waals surface area contributed by atoms with E-state index in [1.807, 2.05) is 18.2 Å². The van der Waals surface area contributed by atoms with E-state index in [0.717, 1.165) is 55.5 Å². The van der Waals surface area contributed by atoms with Crippen molar-refractivity contribution in [3.63, 3.8) is 0 Å². The van der Waals surface area contributed by atoms with E-state index in [0.29, 0.717) is 30.8 Å². The number of anilines is 2. The first-order chi connectivity index (χ1) is 18.2. The first-order valence-corrected chi connectivity index (χ1v) is 12.5. The second kappa shape index (κ2) is 12.0. The van der Waals surface area contributed by atoms with Crippen molar-refractivity contribution in [1.29, 1.82) is 0 Å². The lowest BCUT2D eigenvalue weighted by Crippen LogP contribution is -2.37. The lowest BCUT2D eigenvalue weighted by Gasteiger charge is -2.31. The van der Waals surface area contributed by atoms with E-state index in [9.17, 15) is 4.79 Å². The number of nitrogens with zero attached hydrogens (tertiary/aromatic N) is 5. The van der Waals surface area contributed by atoms with Gasteiger partial charge < -0.3 is 24.4 Å². The molecule has 1 aliphatic carbocycles. The molecule has 4 heterocycles. The summed E-state index contributed by atoms with van der Waals surface area (Å²) in [7, 11) is 1.36. The molecule has 2 fully saturated rings. The number of carbonyl (C=O) groups is 1. The molecule has 0 radical (unpaired) electrons. The van der Waals surface area contributed by atoms with Crippen LogP contribution in [0.2, 0.25) is 0 Å². The van der Waals surface area contributed by atoms with Crippen LogP contribution in [0.1, 0.15) is 25.7 Å². The van der Waals surface area contributed by atoms with Crippen LogP contribution < -0.4 is 25.2 Å². The minimum Gasteiger partial charge on any atom is -0.480 e. The fourth-order valence-electron chi connectivity index (χ4n) is 4.50. The van der Waals surface area contributed by atoms with Crippen LogP contribution in [-0.2, 0) is 14.4 Å². The molecule has 3 aromatic rings. The van der Waals surface area contributed by atoms with Crippen molar-refractivity contribution in [2.45, 2.75) is 37.8 Å². The van der Waals surface area contributed by atoms with Gasteiger partial charge in [-0.2, -0.15) is 4.98 Å². The molecular formula is C25H31N7O5. The number of fused-ring (bicyclic) bond motifs is 1. The topological polar surface area (TPSA) is 133 Å². The molecule has 12 nitrogen and oxygen atoms in total. The summed E-state index contributed by atoms with van der Waals surface area (Å²) in [6.45, 7) is 2.82. The Morgan fingerprint density at radius 3 is 2.68 bits per heavy atom. The van der Waals surface area contributed by atoms with Crippen molar-refractivity contribution in [1.82, 2.24) is 25.4 Å². The molecule has 2 N–H and O–H groups in total. The molecule has 2 aliphatic rings. The van der Waals surface area contributed by atoms with Gasteiger partial charge >= 0.3 is 0 Å². The summed E-state index contributed by atoms with van der Waals surface area (Å²) >= 11 is 0. The maximum Gasteiger partial charge on any atom is 0.281 e. The molecule has 1 amide bonds. The van der Waals surface area contributed by atoms with Gasteiger partial charge in [0, 0.05) is 31.4 Å². The third-order valence-electron chi connectivity index (χ3n) is 6.39. The lowest BCUT2D eigenvalue weighted by atomic mass is 9.93. The van der Waals surface area contributed by atoms with Gasteiger partial charge in [0.1, 0.15) is 11.9 Å². The smallest absolute Gasteiger partial charge is 0.281 e. The SMILES string of the molecule is CONC(=O)COc1cnc(N[C@H]2CC[C@@H](Oc3nc(N4CCOCC4)cc4ncccc34)CC2)nc1. The van der Waals surface area contributed by atoms with Crippen LogP contribution in [-0.4, -0.2) is 78.0 Å². The van der Waals surface area contributed by atoms with Gasteiger partial charge in [-0.25, -0.2) is 15.4 Å². The van der Waals surface area contributed by atoms with E-state index in [1.54, 1.807) is 6.20 Å².